The Morgan fingerprint density at radius 1 is 1.19 bits per heavy atom. The maximum absolute atomic E-state index is 13.3. The maximum atomic E-state index is 13.3. The molecular formula is C25H25F3N4O5. The largest absolute Gasteiger partial charge is 0.507 e. The highest BCUT2D eigenvalue weighted by molar-refractivity contribution is 6.05. The molecule has 0 bridgehead atoms. The molecule has 0 radical (unpaired) electrons. The smallest absolute Gasteiger partial charge is 0.416 e. The quantitative estimate of drug-likeness (QED) is 0.450. The number of anilines is 1. The Morgan fingerprint density at radius 2 is 1.92 bits per heavy atom. The van der Waals surface area contributed by atoms with Crippen LogP contribution >= 0.6 is 0 Å². The second-order valence-corrected chi connectivity index (χ2v) is 9.26. The van der Waals surface area contributed by atoms with Crippen LogP contribution in [0.5, 0.6) is 5.75 Å². The molecule has 0 aliphatic carbocycles. The van der Waals surface area contributed by atoms with E-state index in [-0.39, 0.29) is 48.5 Å². The van der Waals surface area contributed by atoms with Crippen LogP contribution in [0, 0.1) is 0 Å². The number of rotatable bonds is 5. The molecular weight excluding hydrogens is 493 g/mol. The van der Waals surface area contributed by atoms with Gasteiger partial charge in [-0.3, -0.25) is 19.7 Å². The number of amides is 5. The fourth-order valence-corrected chi connectivity index (χ4v) is 4.54. The van der Waals surface area contributed by atoms with Gasteiger partial charge in [-0.05, 0) is 42.2 Å². The monoisotopic (exact) mass is 518 g/mol. The lowest BCUT2D eigenvalue weighted by atomic mass is 9.96. The lowest BCUT2D eigenvalue weighted by Crippen LogP contribution is -2.52. The Hall–Kier alpha value is -4.09. The van der Waals surface area contributed by atoms with Crippen LogP contribution in [0.15, 0.2) is 30.3 Å². The van der Waals surface area contributed by atoms with E-state index in [2.05, 4.69) is 16.0 Å². The molecule has 4 N–H and O–H groups in total. The van der Waals surface area contributed by atoms with Gasteiger partial charge in [-0.15, -0.1) is 0 Å². The van der Waals surface area contributed by atoms with Crippen LogP contribution in [0.4, 0.5) is 23.7 Å². The molecule has 1 saturated heterocycles. The lowest BCUT2D eigenvalue weighted by Gasteiger charge is -2.29. The summed E-state index contributed by atoms with van der Waals surface area (Å²) in [4.78, 5) is 50.1. The summed E-state index contributed by atoms with van der Waals surface area (Å²) in [6, 6.07) is 4.78. The van der Waals surface area contributed by atoms with E-state index < -0.39 is 47.5 Å². The number of alkyl halides is 3. The molecule has 2 aliphatic rings. The number of fused-ring (bicyclic) bond motifs is 1. The van der Waals surface area contributed by atoms with E-state index in [1.54, 1.807) is 13.8 Å². The van der Waals surface area contributed by atoms with Gasteiger partial charge in [-0.1, -0.05) is 19.9 Å². The van der Waals surface area contributed by atoms with Gasteiger partial charge in [0.05, 0.1) is 12.1 Å². The SMILES string of the molecule is CC(C)c1cc(NC(=O)NCc2ccc3c(c2O)CN(C2CCC(=O)NC2=O)C3=O)ccc1C(F)(F)F. The molecule has 2 aliphatic heterocycles. The van der Waals surface area contributed by atoms with Gasteiger partial charge in [0.1, 0.15) is 11.8 Å². The van der Waals surface area contributed by atoms with Crippen molar-refractivity contribution in [3.8, 4) is 5.75 Å². The number of hydrogen-bond acceptors (Lipinski definition) is 5. The topological polar surface area (TPSA) is 128 Å². The van der Waals surface area contributed by atoms with E-state index in [0.29, 0.717) is 11.1 Å². The van der Waals surface area contributed by atoms with Gasteiger partial charge in [0.25, 0.3) is 5.91 Å². The minimum absolute atomic E-state index is 0.0319. The van der Waals surface area contributed by atoms with Gasteiger partial charge in [0.2, 0.25) is 11.8 Å². The standard InChI is InChI=1S/C25H25F3N4O5/c1-12(2)16-9-14(4-6-18(16)25(26,27)28)30-24(37)29-10-13-3-5-15-17(21(13)34)11-32(23(15)36)19-7-8-20(33)31-22(19)35/h3-6,9,12,19,34H,7-8,10-11H2,1-2H3,(H2,29,30,37)(H,31,33,35). The van der Waals surface area contributed by atoms with Crippen molar-refractivity contribution in [1.29, 1.82) is 0 Å². The number of carbonyl (C=O) groups is 4. The van der Waals surface area contributed by atoms with E-state index >= 15 is 0 Å². The number of piperidine rings is 1. The predicted octanol–water partition coefficient (Wildman–Crippen LogP) is 3.62. The minimum atomic E-state index is -4.51. The maximum Gasteiger partial charge on any atom is 0.416 e. The van der Waals surface area contributed by atoms with Gasteiger partial charge in [-0.2, -0.15) is 13.2 Å². The van der Waals surface area contributed by atoms with Crippen molar-refractivity contribution in [3.63, 3.8) is 0 Å². The number of hydrogen-bond donors (Lipinski definition) is 4. The molecule has 4 rings (SSSR count). The number of imide groups is 1. The molecule has 9 nitrogen and oxygen atoms in total. The molecule has 37 heavy (non-hydrogen) atoms. The van der Waals surface area contributed by atoms with Crippen LogP contribution in [-0.2, 0) is 28.9 Å². The summed E-state index contributed by atoms with van der Waals surface area (Å²) in [5.41, 5.74) is 0.296. The van der Waals surface area contributed by atoms with Crippen molar-refractivity contribution in [2.45, 2.75) is 57.9 Å². The Bertz CT molecular complexity index is 1290. The van der Waals surface area contributed by atoms with Crippen molar-refractivity contribution in [2.75, 3.05) is 5.32 Å². The summed E-state index contributed by atoms with van der Waals surface area (Å²) in [7, 11) is 0. The van der Waals surface area contributed by atoms with Crippen molar-refractivity contribution < 1.29 is 37.5 Å². The summed E-state index contributed by atoms with van der Waals surface area (Å²) in [5, 5.41) is 18.0. The van der Waals surface area contributed by atoms with Crippen molar-refractivity contribution >= 4 is 29.4 Å². The zero-order valence-electron chi connectivity index (χ0n) is 20.0. The van der Waals surface area contributed by atoms with E-state index in [9.17, 15) is 37.5 Å². The fourth-order valence-electron chi connectivity index (χ4n) is 4.54. The number of benzene rings is 2. The molecule has 5 amide bonds. The van der Waals surface area contributed by atoms with Gasteiger partial charge in [-0.25, -0.2) is 4.79 Å². The summed E-state index contributed by atoms with van der Waals surface area (Å²) < 4.78 is 39.8. The zero-order chi connectivity index (χ0) is 27.1. The third-order valence-corrected chi connectivity index (χ3v) is 6.45. The first-order valence-corrected chi connectivity index (χ1v) is 11.6. The number of aromatic hydroxyl groups is 1. The molecule has 0 aromatic heterocycles. The Morgan fingerprint density at radius 3 is 2.57 bits per heavy atom. The number of urea groups is 1. The lowest BCUT2D eigenvalue weighted by molar-refractivity contribution is -0.138. The highest BCUT2D eigenvalue weighted by Gasteiger charge is 2.40. The second-order valence-electron chi connectivity index (χ2n) is 9.26. The number of phenolic OH excluding ortho intramolecular Hbond substituents is 1. The van der Waals surface area contributed by atoms with E-state index in [0.717, 1.165) is 12.1 Å². The summed E-state index contributed by atoms with van der Waals surface area (Å²) in [5.74, 6) is -2.05. The highest BCUT2D eigenvalue weighted by Crippen LogP contribution is 2.37. The summed E-state index contributed by atoms with van der Waals surface area (Å²) >= 11 is 0. The normalized spacial score (nSPS) is 17.6. The van der Waals surface area contributed by atoms with E-state index in [1.807, 2.05) is 0 Å². The molecule has 2 aromatic carbocycles. The molecule has 12 heteroatoms. The van der Waals surface area contributed by atoms with Gasteiger partial charge in [0, 0.05) is 35.3 Å². The molecule has 1 atom stereocenters. The average molecular weight is 518 g/mol. The number of halogens is 3. The number of phenols is 1. The fraction of sp³-hybridized carbons (Fsp3) is 0.360. The summed E-state index contributed by atoms with van der Waals surface area (Å²) in [6.07, 6.45) is -4.23. The molecule has 0 spiro atoms. The third-order valence-electron chi connectivity index (χ3n) is 6.45. The first-order chi connectivity index (χ1) is 17.4. The molecule has 1 unspecified atom stereocenters. The highest BCUT2D eigenvalue weighted by atomic mass is 19.4. The predicted molar refractivity (Wildman–Crippen MR) is 126 cm³/mol. The molecule has 196 valence electrons. The van der Waals surface area contributed by atoms with Crippen molar-refractivity contribution in [2.24, 2.45) is 0 Å². The van der Waals surface area contributed by atoms with Gasteiger partial charge in [0.15, 0.2) is 0 Å². The van der Waals surface area contributed by atoms with Crippen molar-refractivity contribution in [3.05, 3.63) is 58.1 Å². The Balaban J connectivity index is 1.43. The molecule has 2 heterocycles. The average Bonchev–Trinajstić information content (AvgIpc) is 3.15. The summed E-state index contributed by atoms with van der Waals surface area (Å²) in [6.45, 7) is 3.08. The van der Waals surface area contributed by atoms with Crippen LogP contribution < -0.4 is 16.0 Å². The van der Waals surface area contributed by atoms with Gasteiger partial charge < -0.3 is 20.6 Å². The van der Waals surface area contributed by atoms with E-state index in [1.165, 1.54) is 23.1 Å². The Kier molecular flexibility index (Phi) is 6.85. The third kappa shape index (κ3) is 5.23. The second kappa shape index (κ2) is 9.75. The van der Waals surface area contributed by atoms with Crippen LogP contribution in [-0.4, -0.2) is 39.8 Å². The van der Waals surface area contributed by atoms with Crippen LogP contribution in [0.2, 0.25) is 0 Å². The first-order valence-electron chi connectivity index (χ1n) is 11.6. The number of nitrogens with zero attached hydrogens (tertiary/aromatic N) is 1. The van der Waals surface area contributed by atoms with Gasteiger partial charge >= 0.3 is 12.2 Å². The first kappa shape index (κ1) is 26.0. The minimum Gasteiger partial charge on any atom is -0.507 e. The van der Waals surface area contributed by atoms with Crippen LogP contribution in [0.25, 0.3) is 0 Å². The van der Waals surface area contributed by atoms with Crippen molar-refractivity contribution in [1.82, 2.24) is 15.5 Å². The molecule has 1 fully saturated rings. The van der Waals surface area contributed by atoms with E-state index in [4.69, 9.17) is 0 Å². The molecule has 0 saturated carbocycles. The number of nitrogens with one attached hydrogen (secondary N) is 3. The Labute approximate surface area is 210 Å². The molecule has 2 aromatic rings. The number of carbonyl (C=O) groups excluding carboxylic acids is 4. The zero-order valence-corrected chi connectivity index (χ0v) is 20.0. The van der Waals surface area contributed by atoms with Crippen LogP contribution in [0.1, 0.15) is 65.2 Å². The van der Waals surface area contributed by atoms with Crippen LogP contribution in [0.3, 0.4) is 0 Å².